The Morgan fingerprint density at radius 3 is 2.70 bits per heavy atom. The smallest absolute Gasteiger partial charge is 0.385 e. The van der Waals surface area contributed by atoms with Crippen LogP contribution in [-0.4, -0.2) is 37.5 Å². The van der Waals surface area contributed by atoms with E-state index in [0.717, 1.165) is 30.6 Å². The van der Waals surface area contributed by atoms with Crippen LogP contribution >= 0.6 is 7.60 Å². The molecule has 148 valence electrons. The number of aromatic nitrogens is 1. The number of nitrogens with zero attached hydrogens (tertiary/aromatic N) is 1. The van der Waals surface area contributed by atoms with Crippen LogP contribution in [0.3, 0.4) is 0 Å². The number of rotatable bonds is 9. The second-order valence-electron chi connectivity index (χ2n) is 6.39. The van der Waals surface area contributed by atoms with Gasteiger partial charge in [0, 0.05) is 18.7 Å². The van der Waals surface area contributed by atoms with Crippen LogP contribution in [0.4, 0.5) is 5.88 Å². The van der Waals surface area contributed by atoms with Crippen molar-refractivity contribution in [2.24, 2.45) is 0 Å². The van der Waals surface area contributed by atoms with E-state index < -0.39 is 7.60 Å². The molecule has 0 bridgehead atoms. The Labute approximate surface area is 159 Å². The Bertz CT molecular complexity index is 791. The molecule has 0 amide bonds. The highest BCUT2D eigenvalue weighted by Crippen LogP contribution is 2.49. The fourth-order valence-electron chi connectivity index (χ4n) is 3.03. The second kappa shape index (κ2) is 9.02. The van der Waals surface area contributed by atoms with Gasteiger partial charge in [0.1, 0.15) is 0 Å². The summed E-state index contributed by atoms with van der Waals surface area (Å²) < 4.78 is 35.9. The molecule has 2 heterocycles. The van der Waals surface area contributed by atoms with Crippen molar-refractivity contribution in [3.63, 3.8) is 0 Å². The Hall–Kier alpha value is -1.66. The summed E-state index contributed by atoms with van der Waals surface area (Å²) in [6, 6.07) is 7.79. The van der Waals surface area contributed by atoms with E-state index >= 15 is 0 Å². The van der Waals surface area contributed by atoms with Crippen LogP contribution in [-0.2, 0) is 18.3 Å². The van der Waals surface area contributed by atoms with Gasteiger partial charge in [-0.2, -0.15) is 4.98 Å². The molecule has 0 saturated carbocycles. The average Bonchev–Trinajstić information content (AvgIpc) is 3.30. The first-order chi connectivity index (χ1) is 13.1. The van der Waals surface area contributed by atoms with Gasteiger partial charge >= 0.3 is 7.60 Å². The Balaban J connectivity index is 1.95. The number of anilines is 1. The first kappa shape index (κ1) is 20.1. The molecule has 2 aromatic rings. The van der Waals surface area contributed by atoms with Crippen molar-refractivity contribution >= 4 is 18.9 Å². The van der Waals surface area contributed by atoms with Crippen LogP contribution in [0.1, 0.15) is 32.3 Å². The second-order valence-corrected chi connectivity index (χ2v) is 8.33. The van der Waals surface area contributed by atoms with Gasteiger partial charge < -0.3 is 23.5 Å². The molecule has 1 N–H and O–H groups in total. The highest BCUT2D eigenvalue weighted by atomic mass is 31.2. The summed E-state index contributed by atoms with van der Waals surface area (Å²) in [5, 5.41) is 3.20. The number of oxazole rings is 1. The van der Waals surface area contributed by atoms with Gasteiger partial charge in [-0.1, -0.05) is 17.7 Å². The van der Waals surface area contributed by atoms with Crippen LogP contribution in [0, 0.1) is 6.92 Å². The van der Waals surface area contributed by atoms with Crippen molar-refractivity contribution in [3.05, 3.63) is 29.8 Å². The number of nitrogens with one attached hydrogen (secondary N) is 1. The van der Waals surface area contributed by atoms with E-state index in [0.29, 0.717) is 18.3 Å². The van der Waals surface area contributed by atoms with Crippen molar-refractivity contribution in [1.29, 1.82) is 0 Å². The van der Waals surface area contributed by atoms with Gasteiger partial charge in [0.15, 0.2) is 0 Å². The zero-order valence-corrected chi connectivity index (χ0v) is 17.0. The van der Waals surface area contributed by atoms with Crippen molar-refractivity contribution in [2.75, 3.05) is 31.7 Å². The molecule has 0 unspecified atom stereocenters. The number of aryl methyl sites for hydroxylation is 1. The van der Waals surface area contributed by atoms with Crippen molar-refractivity contribution < 1.29 is 22.8 Å². The van der Waals surface area contributed by atoms with Gasteiger partial charge in [0.25, 0.3) is 0 Å². The number of benzene rings is 1. The lowest BCUT2D eigenvalue weighted by molar-refractivity contribution is 0.120. The molecule has 0 radical (unpaired) electrons. The first-order valence-corrected chi connectivity index (χ1v) is 10.9. The fraction of sp³-hybridized carbons (Fsp3) is 0.526. The molecule has 1 fully saturated rings. The fourth-order valence-corrected chi connectivity index (χ4v) is 4.61. The summed E-state index contributed by atoms with van der Waals surface area (Å²) in [7, 11) is -3.59. The minimum absolute atomic E-state index is 0.101. The van der Waals surface area contributed by atoms with Crippen LogP contribution in [0.15, 0.2) is 28.7 Å². The Morgan fingerprint density at radius 2 is 2.07 bits per heavy atom. The predicted octanol–water partition coefficient (Wildman–Crippen LogP) is 4.13. The third kappa shape index (κ3) is 4.79. The topological polar surface area (TPSA) is 82.8 Å². The highest BCUT2D eigenvalue weighted by Gasteiger charge is 2.36. The minimum atomic E-state index is -3.59. The standard InChI is InChI=1S/C19H27N2O5P/c1-4-24-27(22,25-5-2)19-18(20-13-16-10-7-11-23-16)26-17(21-19)15-9-6-8-14(3)12-15/h6,8-9,12,16,20H,4-5,7,10-11,13H2,1-3H3/t16-/m1/s1. The molecular formula is C19H27N2O5P. The molecular weight excluding hydrogens is 367 g/mol. The monoisotopic (exact) mass is 394 g/mol. The van der Waals surface area contributed by atoms with E-state index in [1.165, 1.54) is 0 Å². The summed E-state index contributed by atoms with van der Waals surface area (Å²) in [4.78, 5) is 4.49. The summed E-state index contributed by atoms with van der Waals surface area (Å²) in [5.74, 6) is 0.690. The predicted molar refractivity (Wildman–Crippen MR) is 105 cm³/mol. The van der Waals surface area contributed by atoms with Gasteiger partial charge in [-0.3, -0.25) is 4.57 Å². The van der Waals surface area contributed by atoms with E-state index in [-0.39, 0.29) is 24.8 Å². The maximum atomic E-state index is 13.3. The van der Waals surface area contributed by atoms with Crippen molar-refractivity contribution in [1.82, 2.24) is 4.98 Å². The molecule has 27 heavy (non-hydrogen) atoms. The SMILES string of the molecule is CCOP(=O)(OCC)c1nc(-c2cccc(C)c2)oc1NC[C@H]1CCCO1. The van der Waals surface area contributed by atoms with Crippen LogP contribution < -0.4 is 10.8 Å². The maximum absolute atomic E-state index is 13.3. The first-order valence-electron chi connectivity index (χ1n) is 9.38. The van der Waals surface area contributed by atoms with Gasteiger partial charge in [0.05, 0.1) is 19.3 Å². The Morgan fingerprint density at radius 1 is 1.30 bits per heavy atom. The normalized spacial score (nSPS) is 17.4. The van der Waals surface area contributed by atoms with Crippen molar-refractivity contribution in [2.45, 2.75) is 39.7 Å². The van der Waals surface area contributed by atoms with Crippen LogP contribution in [0.25, 0.3) is 11.5 Å². The minimum Gasteiger partial charge on any atom is -0.420 e. The lowest BCUT2D eigenvalue weighted by Gasteiger charge is -2.16. The van der Waals surface area contributed by atoms with Crippen molar-refractivity contribution in [3.8, 4) is 11.5 Å². The summed E-state index contributed by atoms with van der Waals surface area (Å²) in [6.07, 6.45) is 2.13. The summed E-state index contributed by atoms with van der Waals surface area (Å²) in [5.41, 5.74) is 2.07. The number of ether oxygens (including phenoxy) is 1. The zero-order valence-electron chi connectivity index (χ0n) is 16.1. The maximum Gasteiger partial charge on any atom is 0.385 e. The molecule has 1 saturated heterocycles. The third-order valence-electron chi connectivity index (χ3n) is 4.25. The molecule has 0 spiro atoms. The van der Waals surface area contributed by atoms with Crippen LogP contribution in [0.5, 0.6) is 0 Å². The average molecular weight is 394 g/mol. The molecule has 7 nitrogen and oxygen atoms in total. The molecule has 1 aromatic heterocycles. The third-order valence-corrected chi connectivity index (χ3v) is 6.26. The van der Waals surface area contributed by atoms with E-state index in [1.807, 2.05) is 31.2 Å². The molecule has 3 rings (SSSR count). The Kier molecular flexibility index (Phi) is 6.71. The van der Waals surface area contributed by atoms with Gasteiger partial charge in [-0.25, -0.2) is 0 Å². The highest BCUT2D eigenvalue weighted by molar-refractivity contribution is 7.62. The summed E-state index contributed by atoms with van der Waals surface area (Å²) in [6.45, 7) is 7.34. The van der Waals surface area contributed by atoms with Gasteiger partial charge in [-0.15, -0.1) is 0 Å². The quantitative estimate of drug-likeness (QED) is 0.640. The van der Waals surface area contributed by atoms with Crippen LogP contribution in [0.2, 0.25) is 0 Å². The van der Waals surface area contributed by atoms with Gasteiger partial charge in [-0.05, 0) is 45.7 Å². The van der Waals surface area contributed by atoms with E-state index in [4.69, 9.17) is 18.2 Å². The lowest BCUT2D eigenvalue weighted by Crippen LogP contribution is -2.22. The van der Waals surface area contributed by atoms with E-state index in [1.54, 1.807) is 13.8 Å². The molecule has 8 heteroatoms. The van der Waals surface area contributed by atoms with E-state index in [2.05, 4.69) is 10.3 Å². The molecule has 1 aliphatic heterocycles. The van der Waals surface area contributed by atoms with Gasteiger partial charge in [0.2, 0.25) is 17.2 Å². The zero-order chi connectivity index (χ0) is 19.3. The number of hydrogen-bond donors (Lipinski definition) is 1. The lowest BCUT2D eigenvalue weighted by atomic mass is 10.1. The molecule has 1 aromatic carbocycles. The molecule has 0 aliphatic carbocycles. The molecule has 1 atom stereocenters. The number of hydrogen-bond acceptors (Lipinski definition) is 7. The largest absolute Gasteiger partial charge is 0.420 e. The van der Waals surface area contributed by atoms with E-state index in [9.17, 15) is 4.57 Å². The summed E-state index contributed by atoms with van der Waals surface area (Å²) >= 11 is 0. The molecule has 1 aliphatic rings.